The Hall–Kier alpha value is -1.07. The first-order valence-electron chi connectivity index (χ1n) is 6.58. The minimum absolute atomic E-state index is 0.197. The average Bonchev–Trinajstić information content (AvgIpc) is 3.13. The van der Waals surface area contributed by atoms with Gasteiger partial charge in [0.15, 0.2) is 0 Å². The van der Waals surface area contributed by atoms with Crippen molar-refractivity contribution in [1.29, 1.82) is 0 Å². The zero-order valence-corrected chi connectivity index (χ0v) is 12.1. The highest BCUT2D eigenvalue weighted by molar-refractivity contribution is 7.99. The molecular formula is C14H20N2O2S. The van der Waals surface area contributed by atoms with Crippen LogP contribution in [0.5, 0.6) is 0 Å². The standard InChI is InChI=1S/C14H20N2O2S/c1-10(19-12-5-3-4-8-15-12)9-14(2,13(17)18)16-11-6-7-11/h3-5,8,10-11,16H,6-7,9H2,1-2H3,(H,17,18). The van der Waals surface area contributed by atoms with Crippen molar-refractivity contribution in [3.8, 4) is 0 Å². The number of nitrogens with zero attached hydrogens (tertiary/aromatic N) is 1. The lowest BCUT2D eigenvalue weighted by Crippen LogP contribution is -2.51. The number of hydrogen-bond donors (Lipinski definition) is 2. The lowest BCUT2D eigenvalue weighted by Gasteiger charge is -2.29. The molecule has 0 saturated heterocycles. The van der Waals surface area contributed by atoms with Gasteiger partial charge in [0.25, 0.3) is 0 Å². The molecule has 5 heteroatoms. The van der Waals surface area contributed by atoms with Crippen molar-refractivity contribution in [3.05, 3.63) is 24.4 Å². The maximum Gasteiger partial charge on any atom is 0.323 e. The molecule has 19 heavy (non-hydrogen) atoms. The van der Waals surface area contributed by atoms with Gasteiger partial charge in [-0.15, -0.1) is 11.8 Å². The van der Waals surface area contributed by atoms with E-state index in [1.54, 1.807) is 24.9 Å². The first kappa shape index (κ1) is 14.3. The number of carbonyl (C=O) groups is 1. The van der Waals surface area contributed by atoms with Gasteiger partial charge in [0.2, 0.25) is 0 Å². The number of pyridine rings is 1. The predicted octanol–water partition coefficient (Wildman–Crippen LogP) is 2.55. The van der Waals surface area contributed by atoms with Gasteiger partial charge >= 0.3 is 5.97 Å². The fourth-order valence-corrected chi connectivity index (χ4v) is 3.23. The lowest BCUT2D eigenvalue weighted by molar-refractivity contribution is -0.144. The summed E-state index contributed by atoms with van der Waals surface area (Å²) in [5.74, 6) is -0.770. The van der Waals surface area contributed by atoms with Gasteiger partial charge in [-0.2, -0.15) is 0 Å². The van der Waals surface area contributed by atoms with E-state index in [1.807, 2.05) is 18.2 Å². The number of hydrogen-bond acceptors (Lipinski definition) is 4. The van der Waals surface area contributed by atoms with Crippen molar-refractivity contribution >= 4 is 17.7 Å². The molecule has 4 nitrogen and oxygen atoms in total. The van der Waals surface area contributed by atoms with Crippen molar-refractivity contribution in [1.82, 2.24) is 10.3 Å². The van der Waals surface area contributed by atoms with Gasteiger partial charge in [-0.3, -0.25) is 10.1 Å². The SMILES string of the molecule is CC(CC(C)(NC1CC1)C(=O)O)Sc1ccccn1. The largest absolute Gasteiger partial charge is 0.480 e. The molecule has 0 amide bonds. The summed E-state index contributed by atoms with van der Waals surface area (Å²) in [7, 11) is 0. The minimum atomic E-state index is -0.845. The van der Waals surface area contributed by atoms with Crippen LogP contribution in [-0.2, 0) is 4.79 Å². The number of rotatable bonds is 7. The summed E-state index contributed by atoms with van der Waals surface area (Å²) < 4.78 is 0. The molecule has 0 aliphatic heterocycles. The smallest absolute Gasteiger partial charge is 0.323 e. The van der Waals surface area contributed by atoms with Gasteiger partial charge in [-0.05, 0) is 38.3 Å². The molecule has 104 valence electrons. The summed E-state index contributed by atoms with van der Waals surface area (Å²) in [6.07, 6.45) is 4.52. The maximum atomic E-state index is 11.5. The molecule has 0 spiro atoms. The van der Waals surface area contributed by atoms with Gasteiger partial charge in [-0.1, -0.05) is 13.0 Å². The molecule has 1 saturated carbocycles. The van der Waals surface area contributed by atoms with E-state index in [9.17, 15) is 9.90 Å². The number of nitrogens with one attached hydrogen (secondary N) is 1. The van der Waals surface area contributed by atoms with E-state index in [0.717, 1.165) is 17.9 Å². The van der Waals surface area contributed by atoms with Crippen LogP contribution in [0.1, 0.15) is 33.1 Å². The van der Waals surface area contributed by atoms with Crippen LogP contribution in [0.3, 0.4) is 0 Å². The molecule has 2 N–H and O–H groups in total. The number of carboxylic acids is 1. The van der Waals surface area contributed by atoms with Crippen LogP contribution in [0.2, 0.25) is 0 Å². The third-order valence-electron chi connectivity index (χ3n) is 3.23. The van der Waals surface area contributed by atoms with Crippen molar-refractivity contribution in [2.45, 2.75) is 55.0 Å². The highest BCUT2D eigenvalue weighted by Crippen LogP contribution is 2.30. The Bertz CT molecular complexity index is 436. The fourth-order valence-electron chi connectivity index (χ4n) is 2.13. The molecule has 1 aliphatic carbocycles. The van der Waals surface area contributed by atoms with Crippen LogP contribution in [0, 0.1) is 0 Å². The number of thioether (sulfide) groups is 1. The summed E-state index contributed by atoms with van der Waals surface area (Å²) in [6, 6.07) is 6.16. The van der Waals surface area contributed by atoms with Crippen molar-refractivity contribution in [3.63, 3.8) is 0 Å². The van der Waals surface area contributed by atoms with Crippen LogP contribution in [0.25, 0.3) is 0 Å². The first-order valence-corrected chi connectivity index (χ1v) is 7.46. The zero-order chi connectivity index (χ0) is 13.9. The summed E-state index contributed by atoms with van der Waals surface area (Å²) in [4.78, 5) is 15.7. The molecule has 0 radical (unpaired) electrons. The van der Waals surface area contributed by atoms with Gasteiger partial charge in [-0.25, -0.2) is 4.98 Å². The predicted molar refractivity (Wildman–Crippen MR) is 76.4 cm³/mol. The Labute approximate surface area is 118 Å². The van der Waals surface area contributed by atoms with Crippen LogP contribution in [0.15, 0.2) is 29.4 Å². The molecule has 1 aromatic rings. The molecule has 1 heterocycles. The summed E-state index contributed by atoms with van der Waals surface area (Å²) >= 11 is 1.62. The van der Waals surface area contributed by atoms with Gasteiger partial charge < -0.3 is 5.11 Å². The van der Waals surface area contributed by atoms with Gasteiger partial charge in [0, 0.05) is 17.5 Å². The van der Waals surface area contributed by atoms with E-state index >= 15 is 0 Å². The Morgan fingerprint density at radius 2 is 2.37 bits per heavy atom. The van der Waals surface area contributed by atoms with Crippen LogP contribution < -0.4 is 5.32 Å². The van der Waals surface area contributed by atoms with E-state index in [2.05, 4.69) is 17.2 Å². The maximum absolute atomic E-state index is 11.5. The van der Waals surface area contributed by atoms with Crippen molar-refractivity contribution in [2.75, 3.05) is 0 Å². The van der Waals surface area contributed by atoms with E-state index in [0.29, 0.717) is 12.5 Å². The Morgan fingerprint density at radius 1 is 1.63 bits per heavy atom. The molecule has 2 atom stereocenters. The van der Waals surface area contributed by atoms with Crippen LogP contribution in [-0.4, -0.2) is 32.9 Å². The molecule has 1 fully saturated rings. The zero-order valence-electron chi connectivity index (χ0n) is 11.3. The average molecular weight is 280 g/mol. The monoisotopic (exact) mass is 280 g/mol. The van der Waals surface area contributed by atoms with Crippen molar-refractivity contribution < 1.29 is 9.90 Å². The topological polar surface area (TPSA) is 62.2 Å². The molecule has 1 aromatic heterocycles. The quantitative estimate of drug-likeness (QED) is 0.752. The van der Waals surface area contributed by atoms with Crippen LogP contribution >= 0.6 is 11.8 Å². The first-order chi connectivity index (χ1) is 8.99. The minimum Gasteiger partial charge on any atom is -0.480 e. The third-order valence-corrected chi connectivity index (χ3v) is 4.28. The number of aromatic nitrogens is 1. The highest BCUT2D eigenvalue weighted by atomic mass is 32.2. The second kappa shape index (κ2) is 5.92. The molecule has 0 aromatic carbocycles. The van der Waals surface area contributed by atoms with Gasteiger partial charge in [0.1, 0.15) is 5.54 Å². The Morgan fingerprint density at radius 3 is 2.89 bits per heavy atom. The highest BCUT2D eigenvalue weighted by Gasteiger charge is 2.39. The normalized spacial score (nSPS) is 19.7. The second-order valence-electron chi connectivity index (χ2n) is 5.36. The summed E-state index contributed by atoms with van der Waals surface area (Å²) in [5.41, 5.74) is -0.845. The van der Waals surface area contributed by atoms with Crippen LogP contribution in [0.4, 0.5) is 0 Å². The second-order valence-corrected chi connectivity index (χ2v) is 6.82. The molecule has 1 aliphatic rings. The van der Waals surface area contributed by atoms with E-state index in [-0.39, 0.29) is 5.25 Å². The molecule has 2 unspecified atom stereocenters. The molecule has 0 bridgehead atoms. The fraction of sp³-hybridized carbons (Fsp3) is 0.571. The van der Waals surface area contributed by atoms with Gasteiger partial charge in [0.05, 0.1) is 5.03 Å². The number of aliphatic carboxylic acids is 1. The lowest BCUT2D eigenvalue weighted by atomic mass is 9.96. The number of carboxylic acid groups (broad SMARTS) is 1. The van der Waals surface area contributed by atoms with E-state index in [4.69, 9.17) is 0 Å². The Balaban J connectivity index is 1.94. The van der Waals surface area contributed by atoms with Crippen molar-refractivity contribution in [2.24, 2.45) is 0 Å². The third kappa shape index (κ3) is 4.21. The van der Waals surface area contributed by atoms with E-state index in [1.165, 1.54) is 0 Å². The summed E-state index contributed by atoms with van der Waals surface area (Å²) in [6.45, 7) is 3.83. The summed E-state index contributed by atoms with van der Waals surface area (Å²) in [5, 5.41) is 13.8. The van der Waals surface area contributed by atoms with E-state index < -0.39 is 11.5 Å². The molecular weight excluding hydrogens is 260 g/mol. The Kier molecular flexibility index (Phi) is 4.47. The molecule has 2 rings (SSSR count).